The molecule has 0 fully saturated rings. The maximum atomic E-state index is 13.0. The fraction of sp³-hybridized carbons (Fsp3) is 0.148. The number of halogens is 3. The van der Waals surface area contributed by atoms with Crippen molar-refractivity contribution in [2.24, 2.45) is 5.73 Å². The second-order valence-corrected chi connectivity index (χ2v) is 7.99. The van der Waals surface area contributed by atoms with Gasteiger partial charge in [0.25, 0.3) is 5.91 Å². The molecule has 0 aromatic heterocycles. The van der Waals surface area contributed by atoms with Crippen molar-refractivity contribution >= 4 is 16.7 Å². The summed E-state index contributed by atoms with van der Waals surface area (Å²) in [6.45, 7) is 0.916. The molecule has 4 aromatic rings. The summed E-state index contributed by atoms with van der Waals surface area (Å²) in [6, 6.07) is 23.9. The van der Waals surface area contributed by atoms with Gasteiger partial charge in [0, 0.05) is 25.7 Å². The van der Waals surface area contributed by atoms with Crippen LogP contribution in [0.4, 0.5) is 13.2 Å². The second-order valence-electron chi connectivity index (χ2n) is 7.99. The van der Waals surface area contributed by atoms with Crippen LogP contribution in [0.5, 0.6) is 0 Å². The minimum atomic E-state index is -4.36. The molecule has 0 atom stereocenters. The van der Waals surface area contributed by atoms with Gasteiger partial charge in [0.2, 0.25) is 0 Å². The van der Waals surface area contributed by atoms with Crippen LogP contribution in [0.1, 0.15) is 27.0 Å². The normalized spacial score (nSPS) is 11.5. The summed E-state index contributed by atoms with van der Waals surface area (Å²) in [4.78, 5) is 14.6. The van der Waals surface area contributed by atoms with Crippen LogP contribution in [0.2, 0.25) is 0 Å². The molecule has 3 nitrogen and oxygen atoms in total. The molecule has 0 unspecified atom stereocenters. The summed E-state index contributed by atoms with van der Waals surface area (Å²) in [6.07, 6.45) is -4.36. The van der Waals surface area contributed by atoms with Crippen molar-refractivity contribution in [3.05, 3.63) is 107 Å². The molecule has 4 aromatic carbocycles. The third-order valence-corrected chi connectivity index (χ3v) is 5.70. The number of hydrogen-bond donors (Lipinski definition) is 1. The molecule has 0 heterocycles. The number of carbonyl (C=O) groups is 1. The molecule has 0 bridgehead atoms. The van der Waals surface area contributed by atoms with E-state index in [1.165, 1.54) is 12.1 Å². The summed E-state index contributed by atoms with van der Waals surface area (Å²) >= 11 is 0. The van der Waals surface area contributed by atoms with Gasteiger partial charge in [0.05, 0.1) is 5.56 Å². The third-order valence-electron chi connectivity index (χ3n) is 5.70. The summed E-state index contributed by atoms with van der Waals surface area (Å²) in [7, 11) is 1.75. The van der Waals surface area contributed by atoms with Crippen LogP contribution in [0.3, 0.4) is 0 Å². The van der Waals surface area contributed by atoms with Gasteiger partial charge in [-0.05, 0) is 63.4 Å². The largest absolute Gasteiger partial charge is 0.416 e. The summed E-state index contributed by atoms with van der Waals surface area (Å²) in [5.41, 5.74) is 9.05. The first-order chi connectivity index (χ1) is 15.8. The number of benzene rings is 4. The molecule has 0 aliphatic rings. The van der Waals surface area contributed by atoms with Gasteiger partial charge in [0.1, 0.15) is 0 Å². The number of carbonyl (C=O) groups excluding carboxylic acids is 1. The average Bonchev–Trinajstić information content (AvgIpc) is 2.83. The quantitative estimate of drug-likeness (QED) is 0.392. The Kier molecular flexibility index (Phi) is 6.20. The molecule has 0 radical (unpaired) electrons. The van der Waals surface area contributed by atoms with Crippen LogP contribution in [-0.2, 0) is 19.3 Å². The van der Waals surface area contributed by atoms with Gasteiger partial charge in [-0.15, -0.1) is 0 Å². The number of hydrogen-bond acceptors (Lipinski definition) is 2. The molecule has 0 saturated carbocycles. The number of rotatable bonds is 5. The maximum absolute atomic E-state index is 13.0. The van der Waals surface area contributed by atoms with Gasteiger partial charge < -0.3 is 10.6 Å². The zero-order valence-corrected chi connectivity index (χ0v) is 18.1. The number of alkyl halides is 3. The van der Waals surface area contributed by atoms with Gasteiger partial charge in [0.15, 0.2) is 0 Å². The molecule has 0 spiro atoms. The Morgan fingerprint density at radius 2 is 1.52 bits per heavy atom. The van der Waals surface area contributed by atoms with Crippen molar-refractivity contribution in [2.75, 3.05) is 7.05 Å². The topological polar surface area (TPSA) is 46.3 Å². The standard InChI is InChI=1S/C27H23F3N2O/c1-32(17-23-4-2-3-22-15-18(16-31)5-14-25(22)23)26(33)21-8-6-19(7-9-21)20-10-12-24(13-11-20)27(28,29)30/h2-15H,16-17,31H2,1H3. The smallest absolute Gasteiger partial charge is 0.337 e. The fourth-order valence-corrected chi connectivity index (χ4v) is 3.87. The van der Waals surface area contributed by atoms with E-state index in [0.29, 0.717) is 24.2 Å². The average molecular weight is 448 g/mol. The molecular formula is C27H23F3N2O. The monoisotopic (exact) mass is 448 g/mol. The van der Waals surface area contributed by atoms with Gasteiger partial charge in [-0.3, -0.25) is 4.79 Å². The lowest BCUT2D eigenvalue weighted by Gasteiger charge is -2.19. The van der Waals surface area contributed by atoms with Crippen LogP contribution in [0.15, 0.2) is 84.9 Å². The fourth-order valence-electron chi connectivity index (χ4n) is 3.87. The van der Waals surface area contributed by atoms with Crippen LogP contribution in [-0.4, -0.2) is 17.9 Å². The SMILES string of the molecule is CN(Cc1cccc2cc(CN)ccc12)C(=O)c1ccc(-c2ccc(C(F)(F)F)cc2)cc1. The van der Waals surface area contributed by atoms with Crippen molar-refractivity contribution in [1.82, 2.24) is 4.90 Å². The number of amides is 1. The van der Waals surface area contributed by atoms with E-state index in [1.54, 1.807) is 36.2 Å². The molecule has 0 saturated heterocycles. The summed E-state index contributed by atoms with van der Waals surface area (Å²) in [5, 5.41) is 2.16. The van der Waals surface area contributed by atoms with Crippen molar-refractivity contribution < 1.29 is 18.0 Å². The highest BCUT2D eigenvalue weighted by atomic mass is 19.4. The molecule has 168 valence electrons. The summed E-state index contributed by atoms with van der Waals surface area (Å²) < 4.78 is 38.3. The minimum absolute atomic E-state index is 0.135. The lowest BCUT2D eigenvalue weighted by atomic mass is 10.0. The molecule has 0 aliphatic heterocycles. The van der Waals surface area contributed by atoms with E-state index in [9.17, 15) is 18.0 Å². The van der Waals surface area contributed by atoms with Crippen LogP contribution in [0, 0.1) is 0 Å². The molecule has 1 amide bonds. The van der Waals surface area contributed by atoms with Crippen LogP contribution >= 0.6 is 0 Å². The Labute approximate surface area is 190 Å². The predicted octanol–water partition coefficient (Wildman–Crippen LogP) is 6.26. The zero-order chi connectivity index (χ0) is 23.6. The second kappa shape index (κ2) is 9.08. The van der Waals surface area contributed by atoms with Crippen molar-refractivity contribution in [2.45, 2.75) is 19.3 Å². The van der Waals surface area contributed by atoms with E-state index in [2.05, 4.69) is 6.07 Å². The lowest BCUT2D eigenvalue weighted by molar-refractivity contribution is -0.137. The lowest BCUT2D eigenvalue weighted by Crippen LogP contribution is -2.26. The van der Waals surface area contributed by atoms with Gasteiger partial charge in [-0.1, -0.05) is 54.6 Å². The molecule has 2 N–H and O–H groups in total. The van der Waals surface area contributed by atoms with Crippen molar-refractivity contribution in [1.29, 1.82) is 0 Å². The molecular weight excluding hydrogens is 425 g/mol. The van der Waals surface area contributed by atoms with Gasteiger partial charge >= 0.3 is 6.18 Å². The Morgan fingerprint density at radius 3 is 2.12 bits per heavy atom. The molecule has 4 rings (SSSR count). The van der Waals surface area contributed by atoms with Crippen LogP contribution < -0.4 is 5.73 Å². The zero-order valence-electron chi connectivity index (χ0n) is 18.1. The van der Waals surface area contributed by atoms with E-state index in [-0.39, 0.29) is 5.91 Å². The highest BCUT2D eigenvalue weighted by Gasteiger charge is 2.30. The number of nitrogens with zero attached hydrogens (tertiary/aromatic N) is 1. The number of fused-ring (bicyclic) bond motifs is 1. The highest BCUT2D eigenvalue weighted by Crippen LogP contribution is 2.31. The van der Waals surface area contributed by atoms with E-state index >= 15 is 0 Å². The highest BCUT2D eigenvalue weighted by molar-refractivity contribution is 5.95. The molecule has 6 heteroatoms. The Morgan fingerprint density at radius 1 is 0.879 bits per heavy atom. The third kappa shape index (κ3) is 4.91. The Balaban J connectivity index is 1.50. The number of nitrogens with two attached hydrogens (primary N) is 1. The van der Waals surface area contributed by atoms with Gasteiger partial charge in [-0.25, -0.2) is 0 Å². The Bertz CT molecular complexity index is 1280. The first-order valence-corrected chi connectivity index (χ1v) is 10.5. The molecule has 0 aliphatic carbocycles. The maximum Gasteiger partial charge on any atom is 0.416 e. The first kappa shape index (κ1) is 22.6. The van der Waals surface area contributed by atoms with E-state index in [1.807, 2.05) is 30.3 Å². The first-order valence-electron chi connectivity index (χ1n) is 10.5. The van der Waals surface area contributed by atoms with E-state index < -0.39 is 11.7 Å². The predicted molar refractivity (Wildman–Crippen MR) is 125 cm³/mol. The molecule has 33 heavy (non-hydrogen) atoms. The van der Waals surface area contributed by atoms with Gasteiger partial charge in [-0.2, -0.15) is 13.2 Å². The Hall–Kier alpha value is -3.64. The van der Waals surface area contributed by atoms with Crippen molar-refractivity contribution in [3.8, 4) is 11.1 Å². The van der Waals surface area contributed by atoms with E-state index in [4.69, 9.17) is 5.73 Å². The minimum Gasteiger partial charge on any atom is -0.337 e. The summed E-state index contributed by atoms with van der Waals surface area (Å²) in [5.74, 6) is -0.135. The van der Waals surface area contributed by atoms with Crippen LogP contribution in [0.25, 0.3) is 21.9 Å². The van der Waals surface area contributed by atoms with Crippen molar-refractivity contribution in [3.63, 3.8) is 0 Å². The van der Waals surface area contributed by atoms with E-state index in [0.717, 1.165) is 39.6 Å².